The van der Waals surface area contributed by atoms with Crippen LogP contribution in [0.4, 0.5) is 11.4 Å². The van der Waals surface area contributed by atoms with Gasteiger partial charge in [-0.15, -0.1) is 0 Å². The predicted octanol–water partition coefficient (Wildman–Crippen LogP) is 4.40. The van der Waals surface area contributed by atoms with Gasteiger partial charge in [0.25, 0.3) is 0 Å². The molecule has 6 nitrogen and oxygen atoms in total. The summed E-state index contributed by atoms with van der Waals surface area (Å²) in [6.07, 6.45) is 5.69. The second-order valence-electron chi connectivity index (χ2n) is 6.26. The first-order chi connectivity index (χ1) is 13.1. The molecule has 0 atom stereocenters. The number of nitrogens with one attached hydrogen (secondary N) is 1. The number of hydrogen-bond donors (Lipinski definition) is 1. The van der Waals surface area contributed by atoms with Crippen molar-refractivity contribution in [3.63, 3.8) is 0 Å². The van der Waals surface area contributed by atoms with Gasteiger partial charge in [0, 0.05) is 65.5 Å². The first-order valence-electron chi connectivity index (χ1n) is 8.53. The van der Waals surface area contributed by atoms with Crippen molar-refractivity contribution in [2.75, 3.05) is 19.5 Å². The van der Waals surface area contributed by atoms with E-state index in [0.29, 0.717) is 0 Å². The Morgan fingerprint density at radius 3 is 2.30 bits per heavy atom. The maximum absolute atomic E-state index is 5.33. The zero-order chi connectivity index (χ0) is 18.8. The summed E-state index contributed by atoms with van der Waals surface area (Å²) in [7, 11) is 5.18. The van der Waals surface area contributed by atoms with Gasteiger partial charge in [-0.1, -0.05) is 0 Å². The maximum atomic E-state index is 5.33. The minimum atomic E-state index is 0.734. The summed E-state index contributed by atoms with van der Waals surface area (Å²) in [5.41, 5.74) is 4.87. The number of aromatic nitrogens is 3. The van der Waals surface area contributed by atoms with Gasteiger partial charge in [0.2, 0.25) is 0 Å². The number of hydrogen-bond acceptors (Lipinski definition) is 5. The minimum Gasteiger partial charge on any atom is -0.497 e. The molecule has 0 aliphatic rings. The third-order valence-electron chi connectivity index (χ3n) is 4.36. The summed E-state index contributed by atoms with van der Waals surface area (Å²) in [6, 6.07) is 13.9. The van der Waals surface area contributed by atoms with Crippen LogP contribution >= 0.6 is 0 Å². The highest BCUT2D eigenvalue weighted by Crippen LogP contribution is 2.30. The summed E-state index contributed by atoms with van der Waals surface area (Å²) < 4.78 is 12.5. The van der Waals surface area contributed by atoms with Gasteiger partial charge < -0.3 is 14.8 Å². The Labute approximate surface area is 157 Å². The number of nitrogens with zero attached hydrogens (tertiary/aromatic N) is 3. The Hall–Kier alpha value is -3.54. The van der Waals surface area contributed by atoms with Crippen LogP contribution in [0.5, 0.6) is 11.5 Å². The van der Waals surface area contributed by atoms with Crippen molar-refractivity contribution in [2.45, 2.75) is 0 Å². The van der Waals surface area contributed by atoms with Gasteiger partial charge in [-0.2, -0.15) is 5.10 Å². The van der Waals surface area contributed by atoms with Crippen molar-refractivity contribution in [3.8, 4) is 22.6 Å². The molecule has 0 fully saturated rings. The normalized spacial score (nSPS) is 10.8. The maximum Gasteiger partial charge on any atom is 0.124 e. The fourth-order valence-electron chi connectivity index (χ4n) is 2.98. The number of benzene rings is 2. The molecule has 2 aromatic carbocycles. The largest absolute Gasteiger partial charge is 0.497 e. The van der Waals surface area contributed by atoms with Crippen molar-refractivity contribution < 1.29 is 9.47 Å². The van der Waals surface area contributed by atoms with Crippen molar-refractivity contribution in [3.05, 3.63) is 61.1 Å². The second kappa shape index (κ2) is 6.99. The molecule has 6 heteroatoms. The Morgan fingerprint density at radius 1 is 0.852 bits per heavy atom. The zero-order valence-electron chi connectivity index (χ0n) is 15.4. The lowest BCUT2D eigenvalue weighted by Crippen LogP contribution is -1.94. The van der Waals surface area contributed by atoms with E-state index in [1.165, 1.54) is 0 Å². The SMILES string of the molecule is COc1cc(Nc2ccc3ncc(-c4cnn(C)c4)cc3c2)cc(OC)c1. The van der Waals surface area contributed by atoms with E-state index in [0.717, 1.165) is 44.9 Å². The lowest BCUT2D eigenvalue weighted by atomic mass is 10.1. The van der Waals surface area contributed by atoms with Crippen LogP contribution < -0.4 is 14.8 Å². The van der Waals surface area contributed by atoms with Gasteiger partial charge >= 0.3 is 0 Å². The van der Waals surface area contributed by atoms with Crippen LogP contribution in [0.2, 0.25) is 0 Å². The van der Waals surface area contributed by atoms with E-state index in [-0.39, 0.29) is 0 Å². The molecule has 0 saturated heterocycles. The number of fused-ring (bicyclic) bond motifs is 1. The standard InChI is InChI=1S/C21H20N4O2/c1-25-13-16(12-23-25)15-6-14-7-17(4-5-21(14)22-11-15)24-18-8-19(26-2)10-20(9-18)27-3/h4-13,24H,1-3H3. The van der Waals surface area contributed by atoms with Crippen molar-refractivity contribution in [1.29, 1.82) is 0 Å². The van der Waals surface area contributed by atoms with Crippen LogP contribution in [0.1, 0.15) is 0 Å². The van der Waals surface area contributed by atoms with Crippen molar-refractivity contribution in [2.24, 2.45) is 7.05 Å². The Kier molecular flexibility index (Phi) is 4.38. The van der Waals surface area contributed by atoms with Crippen LogP contribution in [0.25, 0.3) is 22.0 Å². The monoisotopic (exact) mass is 360 g/mol. The first kappa shape index (κ1) is 16.9. The molecule has 2 aromatic heterocycles. The van der Waals surface area contributed by atoms with Crippen LogP contribution in [0, 0.1) is 0 Å². The molecule has 0 bridgehead atoms. The molecule has 2 heterocycles. The topological polar surface area (TPSA) is 61.2 Å². The minimum absolute atomic E-state index is 0.734. The molecule has 4 rings (SSSR count). The zero-order valence-corrected chi connectivity index (χ0v) is 15.4. The Morgan fingerprint density at radius 2 is 1.63 bits per heavy atom. The van der Waals surface area contributed by atoms with E-state index < -0.39 is 0 Å². The fraction of sp³-hybridized carbons (Fsp3) is 0.143. The van der Waals surface area contributed by atoms with E-state index in [2.05, 4.69) is 27.5 Å². The van der Waals surface area contributed by atoms with E-state index >= 15 is 0 Å². The molecule has 4 aromatic rings. The van der Waals surface area contributed by atoms with Crippen LogP contribution in [-0.2, 0) is 7.05 Å². The van der Waals surface area contributed by atoms with Crippen LogP contribution in [0.15, 0.2) is 61.1 Å². The molecule has 0 amide bonds. The molecule has 0 spiro atoms. The highest BCUT2D eigenvalue weighted by Gasteiger charge is 2.06. The van der Waals surface area contributed by atoms with Gasteiger partial charge in [-0.05, 0) is 24.3 Å². The molecule has 1 N–H and O–H groups in total. The molecule has 136 valence electrons. The van der Waals surface area contributed by atoms with Gasteiger partial charge in [-0.25, -0.2) is 0 Å². The van der Waals surface area contributed by atoms with E-state index in [4.69, 9.17) is 9.47 Å². The number of rotatable bonds is 5. The molecular formula is C21H20N4O2. The third kappa shape index (κ3) is 3.55. The van der Waals surface area contributed by atoms with Gasteiger partial charge in [-0.3, -0.25) is 9.67 Å². The summed E-state index contributed by atoms with van der Waals surface area (Å²) in [4.78, 5) is 4.56. The summed E-state index contributed by atoms with van der Waals surface area (Å²) in [6.45, 7) is 0. The average molecular weight is 360 g/mol. The summed E-state index contributed by atoms with van der Waals surface area (Å²) in [5, 5.41) is 8.69. The first-order valence-corrected chi connectivity index (χ1v) is 8.53. The molecular weight excluding hydrogens is 340 g/mol. The van der Waals surface area contributed by atoms with E-state index in [1.807, 2.05) is 56.0 Å². The second-order valence-corrected chi connectivity index (χ2v) is 6.26. The van der Waals surface area contributed by atoms with Crippen molar-refractivity contribution >= 4 is 22.3 Å². The summed E-state index contributed by atoms with van der Waals surface area (Å²) in [5.74, 6) is 1.47. The molecule has 0 radical (unpaired) electrons. The van der Waals surface area contributed by atoms with Crippen LogP contribution in [-0.4, -0.2) is 29.0 Å². The van der Waals surface area contributed by atoms with Gasteiger partial charge in [0.1, 0.15) is 11.5 Å². The summed E-state index contributed by atoms with van der Waals surface area (Å²) >= 11 is 0. The van der Waals surface area contributed by atoms with Gasteiger partial charge in [0.05, 0.1) is 25.9 Å². The third-order valence-corrected chi connectivity index (χ3v) is 4.36. The highest BCUT2D eigenvalue weighted by molar-refractivity contribution is 5.87. The lowest BCUT2D eigenvalue weighted by Gasteiger charge is -2.11. The quantitative estimate of drug-likeness (QED) is 0.572. The number of anilines is 2. The smallest absolute Gasteiger partial charge is 0.124 e. The highest BCUT2D eigenvalue weighted by atomic mass is 16.5. The number of methoxy groups -OCH3 is 2. The molecule has 0 aliphatic heterocycles. The fourth-order valence-corrected chi connectivity index (χ4v) is 2.98. The Bertz CT molecular complexity index is 1080. The van der Waals surface area contributed by atoms with Crippen LogP contribution in [0.3, 0.4) is 0 Å². The molecule has 0 saturated carbocycles. The molecule has 0 unspecified atom stereocenters. The van der Waals surface area contributed by atoms with E-state index in [1.54, 1.807) is 18.9 Å². The molecule has 27 heavy (non-hydrogen) atoms. The van der Waals surface area contributed by atoms with Crippen molar-refractivity contribution in [1.82, 2.24) is 14.8 Å². The Balaban J connectivity index is 1.68. The molecule has 0 aliphatic carbocycles. The number of pyridine rings is 1. The predicted molar refractivity (Wildman–Crippen MR) is 107 cm³/mol. The average Bonchev–Trinajstić information content (AvgIpc) is 3.13. The number of aryl methyl sites for hydroxylation is 1. The number of ether oxygens (including phenoxy) is 2. The van der Waals surface area contributed by atoms with Gasteiger partial charge in [0.15, 0.2) is 0 Å². The lowest BCUT2D eigenvalue weighted by molar-refractivity contribution is 0.395. The van der Waals surface area contributed by atoms with E-state index in [9.17, 15) is 0 Å².